The summed E-state index contributed by atoms with van der Waals surface area (Å²) >= 11 is 0. The summed E-state index contributed by atoms with van der Waals surface area (Å²) in [6, 6.07) is 0. The third-order valence-electron chi connectivity index (χ3n) is 4.62. The molecule has 0 aliphatic rings. The fraction of sp³-hybridized carbons (Fsp3) is 0.905. The molecule has 2 atom stereocenters. The third-order valence-corrected chi connectivity index (χ3v) is 4.62. The van der Waals surface area contributed by atoms with Gasteiger partial charge in [0.25, 0.3) is 0 Å². The molecule has 0 unspecified atom stereocenters. The lowest BCUT2D eigenvalue weighted by Crippen LogP contribution is -2.16. The molecule has 0 aromatic carbocycles. The van der Waals surface area contributed by atoms with Crippen LogP contribution in [0.1, 0.15) is 110 Å². The summed E-state index contributed by atoms with van der Waals surface area (Å²) < 4.78 is 0. The lowest BCUT2D eigenvalue weighted by molar-refractivity contribution is 0.0757. The zero-order valence-corrected chi connectivity index (χ0v) is 15.6. The highest BCUT2D eigenvalue weighted by atomic mass is 16.3. The van der Waals surface area contributed by atoms with Gasteiger partial charge in [-0.1, -0.05) is 96.5 Å². The molecular weight excluding hydrogens is 284 g/mol. The van der Waals surface area contributed by atoms with Gasteiger partial charge in [0.1, 0.15) is 0 Å². The van der Waals surface area contributed by atoms with E-state index in [2.05, 4.69) is 13.5 Å². The first-order valence-electron chi connectivity index (χ1n) is 10.2. The summed E-state index contributed by atoms with van der Waals surface area (Å²) in [6.45, 7) is 5.88. The molecule has 23 heavy (non-hydrogen) atoms. The van der Waals surface area contributed by atoms with Gasteiger partial charge in [0.15, 0.2) is 0 Å². The maximum atomic E-state index is 9.83. The predicted octanol–water partition coefficient (Wildman–Crippen LogP) is 6.16. The van der Waals surface area contributed by atoms with Gasteiger partial charge in [-0.15, -0.1) is 6.58 Å². The van der Waals surface area contributed by atoms with Crippen LogP contribution in [0.2, 0.25) is 0 Å². The molecule has 0 aromatic heterocycles. The monoisotopic (exact) mass is 326 g/mol. The van der Waals surface area contributed by atoms with Gasteiger partial charge >= 0.3 is 0 Å². The second kappa shape index (κ2) is 18.0. The third kappa shape index (κ3) is 17.8. The highest BCUT2D eigenvalue weighted by molar-refractivity contribution is 4.74. The van der Waals surface area contributed by atoms with Gasteiger partial charge in [-0.3, -0.25) is 0 Å². The number of unbranched alkanes of at least 4 members (excludes halogenated alkanes) is 12. The minimum Gasteiger partial charge on any atom is -0.393 e. The van der Waals surface area contributed by atoms with Crippen molar-refractivity contribution in [2.45, 2.75) is 122 Å². The van der Waals surface area contributed by atoms with Crippen molar-refractivity contribution in [2.24, 2.45) is 0 Å². The smallest absolute Gasteiger partial charge is 0.0599 e. The van der Waals surface area contributed by atoms with Gasteiger partial charge in [0.05, 0.1) is 12.2 Å². The molecule has 2 nitrogen and oxygen atoms in total. The Bertz CT molecular complexity index is 240. The van der Waals surface area contributed by atoms with Crippen LogP contribution in [0.15, 0.2) is 12.7 Å². The molecule has 0 radical (unpaired) electrons. The van der Waals surface area contributed by atoms with Crippen molar-refractivity contribution in [3.63, 3.8) is 0 Å². The molecule has 0 aromatic rings. The summed E-state index contributed by atoms with van der Waals surface area (Å²) in [6.07, 6.45) is 20.4. The lowest BCUT2D eigenvalue weighted by atomic mass is 10.0. The van der Waals surface area contributed by atoms with Gasteiger partial charge in [0.2, 0.25) is 0 Å². The molecule has 0 heterocycles. The molecule has 0 amide bonds. The highest BCUT2D eigenvalue weighted by Gasteiger charge is 2.10. The maximum absolute atomic E-state index is 9.83. The van der Waals surface area contributed by atoms with E-state index in [0.29, 0.717) is 12.8 Å². The Kier molecular flexibility index (Phi) is 17.7. The Labute approximate surface area is 145 Å². The first-order valence-corrected chi connectivity index (χ1v) is 10.2. The van der Waals surface area contributed by atoms with E-state index in [0.717, 1.165) is 12.8 Å². The average molecular weight is 327 g/mol. The van der Waals surface area contributed by atoms with Gasteiger partial charge in [-0.05, 0) is 19.3 Å². The van der Waals surface area contributed by atoms with E-state index in [9.17, 15) is 10.2 Å². The minimum absolute atomic E-state index is 0.349. The molecule has 2 N–H and O–H groups in total. The largest absolute Gasteiger partial charge is 0.393 e. The second-order valence-electron chi connectivity index (χ2n) is 7.10. The van der Waals surface area contributed by atoms with Crippen LogP contribution < -0.4 is 0 Å². The predicted molar refractivity (Wildman–Crippen MR) is 102 cm³/mol. The quantitative estimate of drug-likeness (QED) is 0.234. The first kappa shape index (κ1) is 22.7. The molecular formula is C21H42O2. The molecule has 0 aliphatic heterocycles. The van der Waals surface area contributed by atoms with Crippen LogP contribution in [0.4, 0.5) is 0 Å². The van der Waals surface area contributed by atoms with E-state index >= 15 is 0 Å². The summed E-state index contributed by atoms with van der Waals surface area (Å²) in [7, 11) is 0. The Morgan fingerprint density at radius 1 is 0.696 bits per heavy atom. The molecule has 0 spiro atoms. The van der Waals surface area contributed by atoms with E-state index < -0.39 is 6.10 Å². The average Bonchev–Trinajstić information content (AvgIpc) is 2.52. The first-order chi connectivity index (χ1) is 11.2. The summed E-state index contributed by atoms with van der Waals surface area (Å²) in [4.78, 5) is 0. The SMILES string of the molecule is C=CC[C@@H](O)C[C@@H](O)CCCCCCCCCCCCCCC. The van der Waals surface area contributed by atoms with Crippen molar-refractivity contribution in [1.82, 2.24) is 0 Å². The normalized spacial score (nSPS) is 13.9. The highest BCUT2D eigenvalue weighted by Crippen LogP contribution is 2.14. The van der Waals surface area contributed by atoms with Crippen LogP contribution in [0.3, 0.4) is 0 Å². The fourth-order valence-electron chi connectivity index (χ4n) is 3.12. The van der Waals surface area contributed by atoms with E-state index in [4.69, 9.17) is 0 Å². The Hall–Kier alpha value is -0.340. The van der Waals surface area contributed by atoms with Crippen LogP contribution in [-0.4, -0.2) is 22.4 Å². The van der Waals surface area contributed by atoms with E-state index in [1.165, 1.54) is 77.0 Å². The summed E-state index contributed by atoms with van der Waals surface area (Å²) in [5, 5.41) is 19.4. The van der Waals surface area contributed by atoms with Crippen molar-refractivity contribution in [1.29, 1.82) is 0 Å². The van der Waals surface area contributed by atoms with Crippen LogP contribution in [0.5, 0.6) is 0 Å². The summed E-state index contributed by atoms with van der Waals surface area (Å²) in [5.41, 5.74) is 0. The van der Waals surface area contributed by atoms with E-state index in [1.54, 1.807) is 6.08 Å². The van der Waals surface area contributed by atoms with Crippen LogP contribution in [0, 0.1) is 0 Å². The van der Waals surface area contributed by atoms with Gasteiger partial charge in [-0.25, -0.2) is 0 Å². The number of hydrogen-bond acceptors (Lipinski definition) is 2. The van der Waals surface area contributed by atoms with Gasteiger partial charge in [-0.2, -0.15) is 0 Å². The Morgan fingerprint density at radius 3 is 1.57 bits per heavy atom. The second-order valence-corrected chi connectivity index (χ2v) is 7.10. The number of rotatable bonds is 18. The van der Waals surface area contributed by atoms with E-state index in [1.807, 2.05) is 0 Å². The molecule has 0 aliphatic carbocycles. The maximum Gasteiger partial charge on any atom is 0.0599 e. The Balaban J connectivity index is 3.16. The zero-order valence-electron chi connectivity index (χ0n) is 15.6. The van der Waals surface area contributed by atoms with Crippen molar-refractivity contribution in [3.05, 3.63) is 12.7 Å². The van der Waals surface area contributed by atoms with Crippen LogP contribution in [-0.2, 0) is 0 Å². The standard InChI is InChI=1S/C21H42O2/c1-3-5-6-7-8-9-10-11-12-13-14-15-16-18-21(23)19-20(22)17-4-2/h4,20-23H,2-3,5-19H2,1H3/t20-,21+/m1/s1. The van der Waals surface area contributed by atoms with Crippen molar-refractivity contribution >= 4 is 0 Å². The van der Waals surface area contributed by atoms with Crippen LogP contribution >= 0.6 is 0 Å². The minimum atomic E-state index is -0.426. The number of aliphatic hydroxyl groups is 2. The van der Waals surface area contributed by atoms with Gasteiger partial charge in [0, 0.05) is 0 Å². The molecule has 0 saturated heterocycles. The number of hydrogen-bond donors (Lipinski definition) is 2. The van der Waals surface area contributed by atoms with Crippen LogP contribution in [0.25, 0.3) is 0 Å². The molecule has 0 saturated carbocycles. The molecule has 138 valence electrons. The molecule has 0 fully saturated rings. The molecule has 0 rings (SSSR count). The number of aliphatic hydroxyl groups excluding tert-OH is 2. The van der Waals surface area contributed by atoms with E-state index in [-0.39, 0.29) is 6.10 Å². The molecule has 2 heteroatoms. The molecule has 0 bridgehead atoms. The fourth-order valence-corrected chi connectivity index (χ4v) is 3.12. The summed E-state index contributed by atoms with van der Waals surface area (Å²) in [5.74, 6) is 0. The van der Waals surface area contributed by atoms with Crippen molar-refractivity contribution < 1.29 is 10.2 Å². The van der Waals surface area contributed by atoms with Gasteiger partial charge < -0.3 is 10.2 Å². The zero-order chi connectivity index (χ0) is 17.2. The topological polar surface area (TPSA) is 40.5 Å². The van der Waals surface area contributed by atoms with Crippen molar-refractivity contribution in [3.8, 4) is 0 Å². The Morgan fingerprint density at radius 2 is 1.13 bits per heavy atom. The lowest BCUT2D eigenvalue weighted by Gasteiger charge is -2.14. The van der Waals surface area contributed by atoms with Crippen molar-refractivity contribution in [2.75, 3.05) is 0 Å².